The van der Waals surface area contributed by atoms with E-state index < -0.39 is 6.10 Å². The molecule has 6 heteroatoms. The fourth-order valence-electron chi connectivity index (χ4n) is 8.65. The summed E-state index contributed by atoms with van der Waals surface area (Å²) in [6.45, 7) is 6.38. The maximum Gasteiger partial charge on any atom is 0.306 e. The van der Waals surface area contributed by atoms with Crippen molar-refractivity contribution in [2.75, 3.05) is 13.2 Å². The minimum Gasteiger partial charge on any atom is -0.462 e. The van der Waals surface area contributed by atoms with Crippen LogP contribution < -0.4 is 0 Å². The first-order valence-electron chi connectivity index (χ1n) is 32.2. The van der Waals surface area contributed by atoms with Crippen LogP contribution >= 0.6 is 0 Å². The first-order valence-corrected chi connectivity index (χ1v) is 32.2. The molecule has 0 heterocycles. The Morgan fingerprint density at radius 2 is 0.500 bits per heavy atom. The van der Waals surface area contributed by atoms with Crippen molar-refractivity contribution >= 4 is 17.9 Å². The maximum atomic E-state index is 12.9. The molecule has 442 valence electrons. The van der Waals surface area contributed by atoms with Crippen molar-refractivity contribution in [1.29, 1.82) is 0 Å². The zero-order valence-corrected chi connectivity index (χ0v) is 50.6. The number of unbranched alkanes of at least 4 members (excludes halogenated alkanes) is 24. The summed E-state index contributed by atoms with van der Waals surface area (Å²) in [4.78, 5) is 38.2. The second kappa shape index (κ2) is 65.1. The van der Waals surface area contributed by atoms with E-state index in [2.05, 4.69) is 154 Å². The third-order valence-corrected chi connectivity index (χ3v) is 13.4. The Kier molecular flexibility index (Phi) is 61.4. The van der Waals surface area contributed by atoms with Crippen molar-refractivity contribution in [1.82, 2.24) is 0 Å². The van der Waals surface area contributed by atoms with Crippen molar-refractivity contribution in [3.63, 3.8) is 0 Å². The lowest BCUT2D eigenvalue weighted by molar-refractivity contribution is -0.167. The second-order valence-corrected chi connectivity index (χ2v) is 20.9. The molecule has 1 atom stereocenters. The fraction of sp³-hybridized carbons (Fsp3) is 0.653. The van der Waals surface area contributed by atoms with Crippen LogP contribution in [0.4, 0.5) is 0 Å². The molecule has 0 spiro atoms. The number of esters is 3. The molecule has 0 amide bonds. The first kappa shape index (κ1) is 73.5. The monoisotopic (exact) mass is 1080 g/mol. The van der Waals surface area contributed by atoms with Gasteiger partial charge in [0.2, 0.25) is 0 Å². The molecule has 0 aliphatic rings. The van der Waals surface area contributed by atoms with Crippen LogP contribution in [0.25, 0.3) is 0 Å². The third kappa shape index (κ3) is 62.4. The van der Waals surface area contributed by atoms with E-state index in [-0.39, 0.29) is 31.1 Å². The summed E-state index contributed by atoms with van der Waals surface area (Å²) in [5, 5.41) is 0. The minimum absolute atomic E-state index is 0.0847. The first-order chi connectivity index (χ1) is 38.5. The molecule has 0 aliphatic carbocycles. The molecule has 6 nitrogen and oxygen atoms in total. The highest BCUT2D eigenvalue weighted by atomic mass is 16.6. The highest BCUT2D eigenvalue weighted by Crippen LogP contribution is 2.15. The van der Waals surface area contributed by atoms with E-state index in [9.17, 15) is 14.4 Å². The molecule has 0 saturated heterocycles. The van der Waals surface area contributed by atoms with Gasteiger partial charge in [0.25, 0.3) is 0 Å². The summed E-state index contributed by atoms with van der Waals surface area (Å²) in [5.41, 5.74) is 0. The van der Waals surface area contributed by atoms with Gasteiger partial charge in [-0.05, 0) is 116 Å². The Balaban J connectivity index is 4.23. The number of rotatable bonds is 57. The van der Waals surface area contributed by atoms with Crippen molar-refractivity contribution < 1.29 is 28.6 Å². The van der Waals surface area contributed by atoms with Gasteiger partial charge in [0.05, 0.1) is 0 Å². The Hall–Kier alpha value is -4.45. The number of allylic oxidation sites excluding steroid dienone is 22. The normalized spacial score (nSPS) is 13.0. The molecule has 78 heavy (non-hydrogen) atoms. The van der Waals surface area contributed by atoms with Crippen LogP contribution in [0.5, 0.6) is 0 Å². The largest absolute Gasteiger partial charge is 0.462 e. The quantitative estimate of drug-likeness (QED) is 0.0261. The molecule has 0 aliphatic heterocycles. The molecule has 0 aromatic carbocycles. The highest BCUT2D eigenvalue weighted by Gasteiger charge is 2.19. The lowest BCUT2D eigenvalue weighted by Crippen LogP contribution is -2.30. The number of carbonyl (C=O) groups is 3. The Morgan fingerprint density at radius 1 is 0.269 bits per heavy atom. The van der Waals surface area contributed by atoms with E-state index in [1.807, 2.05) is 0 Å². The molecule has 0 bridgehead atoms. The minimum atomic E-state index is -0.788. The molecule has 0 aromatic rings. The number of hydrogen-bond donors (Lipinski definition) is 0. The van der Waals surface area contributed by atoms with Gasteiger partial charge in [-0.2, -0.15) is 0 Å². The van der Waals surface area contributed by atoms with Gasteiger partial charge >= 0.3 is 17.9 Å². The molecule has 0 radical (unpaired) electrons. The molecule has 0 N–H and O–H groups in total. The van der Waals surface area contributed by atoms with Crippen LogP contribution in [0.2, 0.25) is 0 Å². The predicted molar refractivity (Wildman–Crippen MR) is 339 cm³/mol. The van der Waals surface area contributed by atoms with Crippen LogP contribution in [0.15, 0.2) is 134 Å². The number of carbonyl (C=O) groups excluding carboxylic acids is 3. The average Bonchev–Trinajstić information content (AvgIpc) is 3.44. The number of hydrogen-bond acceptors (Lipinski definition) is 6. The van der Waals surface area contributed by atoms with Gasteiger partial charge in [0.15, 0.2) is 6.10 Å². The van der Waals surface area contributed by atoms with E-state index in [0.717, 1.165) is 135 Å². The van der Waals surface area contributed by atoms with Crippen molar-refractivity contribution in [3.05, 3.63) is 134 Å². The predicted octanol–water partition coefficient (Wildman–Crippen LogP) is 22.2. The van der Waals surface area contributed by atoms with Crippen molar-refractivity contribution in [2.45, 2.75) is 290 Å². The zero-order valence-electron chi connectivity index (χ0n) is 50.6. The standard InChI is InChI=1S/C72H118O6/c1-4-7-10-13-16-19-21-23-25-27-29-31-33-34-35-36-37-38-40-41-43-45-47-49-51-53-56-59-62-65-71(74)77-68-69(67-76-70(73)64-61-58-55-18-15-12-9-6-3)78-72(75)66-63-60-57-54-52-50-48-46-44-42-39-32-30-28-26-24-22-20-17-14-11-8-5-2/h7-8,10-11,16-17,19-20,23-26,29-32,34-35,37-38,41,43,69H,4-6,9,12-15,18,21-22,27-28,33,36,39-40,42,44-68H2,1-3H3/b10-7-,11-8-,19-16-,20-17-,25-23-,26-24-,31-29-,32-30-,35-34-,38-37-,43-41-. The second-order valence-electron chi connectivity index (χ2n) is 20.9. The molecule has 0 saturated carbocycles. The van der Waals surface area contributed by atoms with Crippen LogP contribution in [0.3, 0.4) is 0 Å². The zero-order chi connectivity index (χ0) is 56.4. The maximum absolute atomic E-state index is 12.9. The summed E-state index contributed by atoms with van der Waals surface area (Å²) < 4.78 is 16.9. The number of ether oxygens (including phenoxy) is 3. The van der Waals surface area contributed by atoms with E-state index in [0.29, 0.717) is 19.3 Å². The molecule has 0 fully saturated rings. The van der Waals surface area contributed by atoms with Crippen LogP contribution in [-0.4, -0.2) is 37.2 Å². The highest BCUT2D eigenvalue weighted by molar-refractivity contribution is 5.71. The summed E-state index contributed by atoms with van der Waals surface area (Å²) >= 11 is 0. The Morgan fingerprint density at radius 3 is 0.782 bits per heavy atom. The molecule has 1 unspecified atom stereocenters. The molecular formula is C72H118O6. The van der Waals surface area contributed by atoms with Crippen molar-refractivity contribution in [2.24, 2.45) is 0 Å². The van der Waals surface area contributed by atoms with E-state index in [4.69, 9.17) is 14.2 Å². The molecule has 0 rings (SSSR count). The summed E-state index contributed by atoms with van der Waals surface area (Å²) in [7, 11) is 0. The lowest BCUT2D eigenvalue weighted by atomic mass is 10.0. The van der Waals surface area contributed by atoms with Crippen LogP contribution in [0.1, 0.15) is 284 Å². The topological polar surface area (TPSA) is 78.9 Å². The van der Waals surface area contributed by atoms with Gasteiger partial charge in [0.1, 0.15) is 13.2 Å². The van der Waals surface area contributed by atoms with Crippen molar-refractivity contribution in [3.8, 4) is 0 Å². The van der Waals surface area contributed by atoms with Crippen LogP contribution in [0, 0.1) is 0 Å². The fourth-order valence-corrected chi connectivity index (χ4v) is 8.65. The van der Waals surface area contributed by atoms with Crippen LogP contribution in [-0.2, 0) is 28.6 Å². The summed E-state index contributed by atoms with van der Waals surface area (Å²) in [5.74, 6) is -0.903. The smallest absolute Gasteiger partial charge is 0.306 e. The van der Waals surface area contributed by atoms with E-state index >= 15 is 0 Å². The lowest BCUT2D eigenvalue weighted by Gasteiger charge is -2.18. The van der Waals surface area contributed by atoms with E-state index in [1.165, 1.54) is 109 Å². The van der Waals surface area contributed by atoms with Gasteiger partial charge in [-0.15, -0.1) is 0 Å². The molecule has 0 aromatic heterocycles. The summed E-state index contributed by atoms with van der Waals surface area (Å²) in [6.07, 6.45) is 91.8. The summed E-state index contributed by atoms with van der Waals surface area (Å²) in [6, 6.07) is 0. The third-order valence-electron chi connectivity index (χ3n) is 13.4. The Bertz CT molecular complexity index is 1670. The molecular weight excluding hydrogens is 961 g/mol. The van der Waals surface area contributed by atoms with Gasteiger partial charge in [-0.3, -0.25) is 14.4 Å². The van der Waals surface area contributed by atoms with Gasteiger partial charge < -0.3 is 14.2 Å². The van der Waals surface area contributed by atoms with Gasteiger partial charge in [0, 0.05) is 19.3 Å². The Labute approximate surface area is 481 Å². The average molecular weight is 1080 g/mol. The van der Waals surface area contributed by atoms with E-state index in [1.54, 1.807) is 0 Å². The van der Waals surface area contributed by atoms with Gasteiger partial charge in [-0.25, -0.2) is 0 Å². The van der Waals surface area contributed by atoms with Gasteiger partial charge in [-0.1, -0.05) is 283 Å². The SMILES string of the molecule is CC/C=C\C/C=C\C/C=C\C/C=C\C/C=C\C/C=C\C/C=C\CCCCCCCCCC(=O)OCC(COC(=O)CCCCCCCCCC)OC(=O)CCCCCCCCCCCC/C=C\C/C=C\C/C=C\C/C=C\CC.